The molecule has 178 valence electrons. The van der Waals surface area contributed by atoms with Gasteiger partial charge in [-0.25, -0.2) is 31.9 Å². The van der Waals surface area contributed by atoms with E-state index in [4.69, 9.17) is 10.7 Å². The molecule has 4 rings (SSSR count). The molecule has 0 atom stereocenters. The molecule has 1 fully saturated rings. The van der Waals surface area contributed by atoms with E-state index in [1.807, 2.05) is 0 Å². The van der Waals surface area contributed by atoms with E-state index in [0.29, 0.717) is 17.1 Å². The average molecular weight is 476 g/mol. The van der Waals surface area contributed by atoms with Crippen molar-refractivity contribution in [1.29, 1.82) is 0 Å². The summed E-state index contributed by atoms with van der Waals surface area (Å²) in [7, 11) is 0. The van der Waals surface area contributed by atoms with Crippen LogP contribution in [0.25, 0.3) is 11.3 Å². The highest BCUT2D eigenvalue weighted by Gasteiger charge is 2.28. The van der Waals surface area contributed by atoms with Gasteiger partial charge in [-0.1, -0.05) is 31.4 Å². The number of aromatic nitrogens is 2. The Kier molecular flexibility index (Phi) is 6.76. The molecular formula is C24H21F5N4O. The van der Waals surface area contributed by atoms with Crippen LogP contribution in [0.4, 0.5) is 33.5 Å². The number of hydrogen-bond donors (Lipinski definition) is 2. The Bertz CT molecular complexity index is 1200. The second-order valence-electron chi connectivity index (χ2n) is 8.22. The second-order valence-corrected chi connectivity index (χ2v) is 8.22. The van der Waals surface area contributed by atoms with Gasteiger partial charge in [-0.15, -0.1) is 0 Å². The van der Waals surface area contributed by atoms with Crippen LogP contribution in [0.1, 0.15) is 49.3 Å². The molecular weight excluding hydrogens is 455 g/mol. The molecule has 1 aromatic heterocycles. The number of nitrogens with one attached hydrogen (secondary N) is 1. The molecule has 5 nitrogen and oxygen atoms in total. The van der Waals surface area contributed by atoms with E-state index in [2.05, 4.69) is 10.3 Å². The lowest BCUT2D eigenvalue weighted by molar-refractivity contribution is -0.115. The standard InChI is InChI=1S/C24H21F5N4O/c25-18-15(19(26)21(28)22(29)20(18)27)10-17(34)33-24-23(13-4-2-1-3-5-13)32-16(11-31-24)12-6-8-14(30)9-7-12/h6-9,11,13H,1-5,10,30H2,(H,31,33,34). The van der Waals surface area contributed by atoms with Gasteiger partial charge in [-0.2, -0.15) is 0 Å². The van der Waals surface area contributed by atoms with Crippen molar-refractivity contribution < 1.29 is 26.7 Å². The van der Waals surface area contributed by atoms with E-state index < -0.39 is 47.0 Å². The van der Waals surface area contributed by atoms with Gasteiger partial charge in [0.15, 0.2) is 29.1 Å². The monoisotopic (exact) mass is 476 g/mol. The third-order valence-corrected chi connectivity index (χ3v) is 5.89. The predicted octanol–water partition coefficient (Wildman–Crippen LogP) is 5.65. The summed E-state index contributed by atoms with van der Waals surface area (Å²) in [5.74, 6) is -11.4. The minimum Gasteiger partial charge on any atom is -0.399 e. The molecule has 1 amide bonds. The maximum absolute atomic E-state index is 14.0. The highest BCUT2D eigenvalue weighted by atomic mass is 19.2. The Morgan fingerprint density at radius 1 is 0.912 bits per heavy atom. The molecule has 0 bridgehead atoms. The molecule has 34 heavy (non-hydrogen) atoms. The van der Waals surface area contributed by atoms with Gasteiger partial charge in [0, 0.05) is 22.7 Å². The number of benzene rings is 2. The van der Waals surface area contributed by atoms with Crippen LogP contribution in [0.15, 0.2) is 30.5 Å². The van der Waals surface area contributed by atoms with Crippen LogP contribution in [0.3, 0.4) is 0 Å². The van der Waals surface area contributed by atoms with Crippen LogP contribution < -0.4 is 11.1 Å². The van der Waals surface area contributed by atoms with Crippen molar-refractivity contribution in [2.75, 3.05) is 11.1 Å². The summed E-state index contributed by atoms with van der Waals surface area (Å²) in [6, 6.07) is 7.00. The second kappa shape index (κ2) is 9.74. The van der Waals surface area contributed by atoms with Crippen molar-refractivity contribution >= 4 is 17.4 Å². The Labute approximate surface area is 192 Å². The third-order valence-electron chi connectivity index (χ3n) is 5.89. The molecule has 3 aromatic rings. The van der Waals surface area contributed by atoms with Crippen LogP contribution >= 0.6 is 0 Å². The number of anilines is 2. The number of rotatable bonds is 5. The summed E-state index contributed by atoms with van der Waals surface area (Å²) < 4.78 is 68.3. The molecule has 0 unspecified atom stereocenters. The van der Waals surface area contributed by atoms with E-state index in [1.54, 1.807) is 24.3 Å². The van der Waals surface area contributed by atoms with Gasteiger partial charge in [-0.3, -0.25) is 4.79 Å². The van der Waals surface area contributed by atoms with Gasteiger partial charge in [0.2, 0.25) is 11.7 Å². The quantitative estimate of drug-likeness (QED) is 0.216. The van der Waals surface area contributed by atoms with Gasteiger partial charge in [-0.05, 0) is 25.0 Å². The minimum atomic E-state index is -2.28. The Morgan fingerprint density at radius 2 is 1.50 bits per heavy atom. The zero-order chi connectivity index (χ0) is 24.4. The number of nitrogens with two attached hydrogens (primary N) is 1. The van der Waals surface area contributed by atoms with E-state index in [-0.39, 0.29) is 11.7 Å². The van der Waals surface area contributed by atoms with E-state index >= 15 is 0 Å². The summed E-state index contributed by atoms with van der Waals surface area (Å²) in [5, 5.41) is 2.45. The molecule has 0 spiro atoms. The van der Waals surface area contributed by atoms with Crippen LogP contribution in [0, 0.1) is 29.1 Å². The number of nitrogens with zero attached hydrogens (tertiary/aromatic N) is 2. The lowest BCUT2D eigenvalue weighted by Crippen LogP contribution is -2.21. The smallest absolute Gasteiger partial charge is 0.230 e. The predicted molar refractivity (Wildman–Crippen MR) is 116 cm³/mol. The first kappa shape index (κ1) is 23.6. The van der Waals surface area contributed by atoms with Gasteiger partial charge in [0.1, 0.15) is 0 Å². The van der Waals surface area contributed by atoms with E-state index in [9.17, 15) is 26.7 Å². The number of carbonyl (C=O) groups excluding carboxylic acids is 1. The molecule has 3 N–H and O–H groups in total. The first-order valence-corrected chi connectivity index (χ1v) is 10.8. The lowest BCUT2D eigenvalue weighted by atomic mass is 9.86. The topological polar surface area (TPSA) is 80.9 Å². The minimum absolute atomic E-state index is 0.000496. The van der Waals surface area contributed by atoms with E-state index in [1.165, 1.54) is 6.20 Å². The van der Waals surface area contributed by atoms with Gasteiger partial charge in [0.05, 0.1) is 24.0 Å². The fourth-order valence-corrected chi connectivity index (χ4v) is 4.10. The number of nitrogen functional groups attached to an aromatic ring is 1. The third kappa shape index (κ3) is 4.71. The number of halogens is 5. The number of carbonyl (C=O) groups is 1. The molecule has 1 heterocycles. The highest BCUT2D eigenvalue weighted by Crippen LogP contribution is 2.36. The Hall–Kier alpha value is -3.56. The van der Waals surface area contributed by atoms with Crippen LogP contribution in [-0.2, 0) is 11.2 Å². The Morgan fingerprint density at radius 3 is 2.12 bits per heavy atom. The first-order valence-electron chi connectivity index (χ1n) is 10.8. The van der Waals surface area contributed by atoms with Crippen molar-refractivity contribution in [2.24, 2.45) is 0 Å². The molecule has 1 saturated carbocycles. The van der Waals surface area contributed by atoms with Crippen LogP contribution in [0.5, 0.6) is 0 Å². The van der Waals surface area contributed by atoms with Gasteiger partial charge in [0.25, 0.3) is 0 Å². The molecule has 1 aliphatic rings. The lowest BCUT2D eigenvalue weighted by Gasteiger charge is -2.23. The first-order chi connectivity index (χ1) is 16.3. The SMILES string of the molecule is Nc1ccc(-c2cnc(NC(=O)Cc3c(F)c(F)c(F)c(F)c3F)c(C3CCCCC3)n2)cc1. The van der Waals surface area contributed by atoms with Gasteiger partial charge < -0.3 is 11.1 Å². The maximum Gasteiger partial charge on any atom is 0.230 e. The van der Waals surface area contributed by atoms with Gasteiger partial charge >= 0.3 is 0 Å². The molecule has 0 aliphatic heterocycles. The van der Waals surface area contributed by atoms with Crippen LogP contribution in [-0.4, -0.2) is 15.9 Å². The number of hydrogen-bond acceptors (Lipinski definition) is 4. The van der Waals surface area contributed by atoms with Crippen LogP contribution in [0.2, 0.25) is 0 Å². The fourth-order valence-electron chi connectivity index (χ4n) is 4.10. The van der Waals surface area contributed by atoms with Crippen molar-refractivity contribution in [3.8, 4) is 11.3 Å². The summed E-state index contributed by atoms with van der Waals surface area (Å²) >= 11 is 0. The fraction of sp³-hybridized carbons (Fsp3) is 0.292. The summed E-state index contributed by atoms with van der Waals surface area (Å²) in [6.45, 7) is 0. The highest BCUT2D eigenvalue weighted by molar-refractivity contribution is 5.92. The number of amides is 1. The normalized spacial score (nSPS) is 14.3. The largest absolute Gasteiger partial charge is 0.399 e. The molecule has 1 aliphatic carbocycles. The maximum atomic E-state index is 14.0. The van der Waals surface area contributed by atoms with Crippen molar-refractivity contribution in [2.45, 2.75) is 44.4 Å². The van der Waals surface area contributed by atoms with Crippen molar-refractivity contribution in [1.82, 2.24) is 9.97 Å². The molecule has 2 aromatic carbocycles. The zero-order valence-electron chi connectivity index (χ0n) is 18.0. The molecule has 10 heteroatoms. The average Bonchev–Trinajstić information content (AvgIpc) is 2.85. The van der Waals surface area contributed by atoms with Crippen molar-refractivity contribution in [3.05, 3.63) is 70.8 Å². The Balaban J connectivity index is 1.64. The zero-order valence-corrected chi connectivity index (χ0v) is 18.0. The summed E-state index contributed by atoms with van der Waals surface area (Å²) in [5.41, 5.74) is 6.94. The molecule has 0 saturated heterocycles. The summed E-state index contributed by atoms with van der Waals surface area (Å²) in [4.78, 5) is 21.6. The summed E-state index contributed by atoms with van der Waals surface area (Å²) in [6.07, 6.45) is 5.03. The molecule has 0 radical (unpaired) electrons. The van der Waals surface area contributed by atoms with Crippen molar-refractivity contribution in [3.63, 3.8) is 0 Å². The van der Waals surface area contributed by atoms with E-state index in [0.717, 1.165) is 37.7 Å².